The summed E-state index contributed by atoms with van der Waals surface area (Å²) in [5.41, 5.74) is 2.27. The Morgan fingerprint density at radius 2 is 2.04 bits per heavy atom. The maximum Gasteiger partial charge on any atom is 0.373 e. The summed E-state index contributed by atoms with van der Waals surface area (Å²) in [7, 11) is 2.92. The van der Waals surface area contributed by atoms with Crippen LogP contribution in [-0.4, -0.2) is 36.9 Å². The predicted octanol–water partition coefficient (Wildman–Crippen LogP) is 2.71. The van der Waals surface area contributed by atoms with Crippen LogP contribution in [0.3, 0.4) is 0 Å². The van der Waals surface area contributed by atoms with Crippen LogP contribution in [0.2, 0.25) is 0 Å². The normalized spacial score (nSPS) is 12.6. The third-order valence-electron chi connectivity index (χ3n) is 3.30. The molecule has 0 saturated carbocycles. The maximum atomic E-state index is 11.9. The van der Waals surface area contributed by atoms with Gasteiger partial charge in [-0.25, -0.2) is 14.8 Å². The summed E-state index contributed by atoms with van der Waals surface area (Å²) in [6.07, 6.45) is 3.28. The first kappa shape index (κ1) is 15.7. The number of methoxy groups -OCH3 is 1. The van der Waals surface area contributed by atoms with Crippen molar-refractivity contribution in [2.24, 2.45) is 0 Å². The Bertz CT molecular complexity index is 753. The molecule has 0 spiro atoms. The van der Waals surface area contributed by atoms with E-state index in [1.807, 2.05) is 11.8 Å². The maximum absolute atomic E-state index is 11.9. The highest BCUT2D eigenvalue weighted by Gasteiger charge is 2.28. The van der Waals surface area contributed by atoms with Gasteiger partial charge in [0, 0.05) is 24.4 Å². The Morgan fingerprint density at radius 3 is 2.78 bits per heavy atom. The second-order valence-electron chi connectivity index (χ2n) is 4.81. The van der Waals surface area contributed by atoms with Gasteiger partial charge in [0.05, 0.1) is 18.4 Å². The number of benzene rings is 1. The van der Waals surface area contributed by atoms with Crippen LogP contribution in [-0.2, 0) is 14.5 Å². The van der Waals surface area contributed by atoms with Gasteiger partial charge in [0.15, 0.2) is 5.82 Å². The lowest BCUT2D eigenvalue weighted by molar-refractivity contribution is -0.216. The van der Waals surface area contributed by atoms with E-state index in [1.54, 1.807) is 31.6 Å². The Hall–Kier alpha value is -2.16. The van der Waals surface area contributed by atoms with E-state index in [4.69, 9.17) is 4.74 Å². The molecule has 0 unspecified atom stereocenters. The first-order chi connectivity index (χ1) is 11.2. The average Bonchev–Trinajstić information content (AvgIpc) is 2.54. The molecule has 7 nitrogen and oxygen atoms in total. The molecule has 8 heteroatoms. The van der Waals surface area contributed by atoms with E-state index in [2.05, 4.69) is 19.7 Å². The van der Waals surface area contributed by atoms with Gasteiger partial charge < -0.3 is 4.74 Å². The van der Waals surface area contributed by atoms with Crippen molar-refractivity contribution in [1.29, 1.82) is 0 Å². The number of carbonyl (C=O) groups excluding carboxylic acids is 1. The number of aryl methyl sites for hydroxylation is 1. The molecule has 2 heterocycles. The molecule has 0 aliphatic carbocycles. The van der Waals surface area contributed by atoms with E-state index in [1.165, 1.54) is 18.9 Å². The number of nitrogens with zero attached hydrogens (tertiary/aromatic N) is 3. The molecule has 0 saturated heterocycles. The lowest BCUT2D eigenvalue weighted by atomic mass is 10.1. The van der Waals surface area contributed by atoms with Gasteiger partial charge in [0.25, 0.3) is 0 Å². The summed E-state index contributed by atoms with van der Waals surface area (Å²) >= 11 is 1.46. The quantitative estimate of drug-likeness (QED) is 0.624. The van der Waals surface area contributed by atoms with Crippen LogP contribution in [0, 0.1) is 6.92 Å². The number of hydrogen-bond donors (Lipinski definition) is 0. The monoisotopic (exact) mass is 333 g/mol. The Kier molecular flexibility index (Phi) is 4.46. The summed E-state index contributed by atoms with van der Waals surface area (Å²) in [6, 6.07) is 3.51. The third-order valence-corrected chi connectivity index (χ3v) is 4.31. The molecule has 0 atom stereocenters. The summed E-state index contributed by atoms with van der Waals surface area (Å²) in [5, 5.41) is 0.758. The van der Waals surface area contributed by atoms with Crippen LogP contribution in [0.5, 0.6) is 0 Å². The van der Waals surface area contributed by atoms with E-state index in [9.17, 15) is 4.79 Å². The molecular formula is C15H15N3O4S. The van der Waals surface area contributed by atoms with Gasteiger partial charge in [-0.15, -0.1) is 0 Å². The zero-order valence-corrected chi connectivity index (χ0v) is 13.7. The molecule has 2 aromatic rings. The van der Waals surface area contributed by atoms with Crippen molar-refractivity contribution in [3.8, 4) is 0 Å². The fourth-order valence-corrected chi connectivity index (χ4v) is 3.58. The minimum atomic E-state index is -0.540. The Morgan fingerprint density at radius 1 is 1.26 bits per heavy atom. The number of aromatic nitrogens is 2. The molecule has 120 valence electrons. The van der Waals surface area contributed by atoms with Crippen molar-refractivity contribution >= 4 is 29.2 Å². The fourth-order valence-electron chi connectivity index (χ4n) is 2.45. The van der Waals surface area contributed by atoms with Gasteiger partial charge in [-0.1, -0.05) is 11.8 Å². The molecule has 1 aliphatic rings. The van der Waals surface area contributed by atoms with E-state index in [0.29, 0.717) is 12.3 Å². The lowest BCUT2D eigenvalue weighted by Crippen LogP contribution is -2.25. The van der Waals surface area contributed by atoms with Crippen LogP contribution < -0.4 is 4.90 Å². The standard InChI is InChI=1S/C15H15N3O4S/c1-9-6-10(15(19)22-21-3)7-11-12(9)18(8-20-2)13-14(23-11)17-5-4-16-13/h4-7H,8H2,1-3H3. The Labute approximate surface area is 137 Å². The topological polar surface area (TPSA) is 73.8 Å². The second kappa shape index (κ2) is 6.53. The number of ether oxygens (including phenoxy) is 1. The number of carbonyl (C=O) groups is 1. The van der Waals surface area contributed by atoms with E-state index >= 15 is 0 Å². The van der Waals surface area contributed by atoms with Crippen molar-refractivity contribution < 1.29 is 19.3 Å². The number of anilines is 2. The predicted molar refractivity (Wildman–Crippen MR) is 83.8 cm³/mol. The smallest absolute Gasteiger partial charge is 0.364 e. The first-order valence-corrected chi connectivity index (χ1v) is 7.62. The first-order valence-electron chi connectivity index (χ1n) is 6.80. The van der Waals surface area contributed by atoms with Gasteiger partial charge in [-0.05, 0) is 24.6 Å². The van der Waals surface area contributed by atoms with Crippen molar-refractivity contribution in [2.75, 3.05) is 25.9 Å². The van der Waals surface area contributed by atoms with Crippen LogP contribution in [0.25, 0.3) is 0 Å². The summed E-state index contributed by atoms with van der Waals surface area (Å²) < 4.78 is 5.30. The molecule has 1 aliphatic heterocycles. The van der Waals surface area contributed by atoms with Gasteiger partial charge in [-0.3, -0.25) is 9.79 Å². The minimum Gasteiger partial charge on any atom is -0.364 e. The van der Waals surface area contributed by atoms with Crippen LogP contribution in [0.15, 0.2) is 34.4 Å². The number of rotatable bonds is 4. The molecule has 0 bridgehead atoms. The van der Waals surface area contributed by atoms with Crippen molar-refractivity contribution in [3.63, 3.8) is 0 Å². The summed E-state index contributed by atoms with van der Waals surface area (Å²) in [4.78, 5) is 32.5. The van der Waals surface area contributed by atoms with Gasteiger partial charge in [-0.2, -0.15) is 4.89 Å². The van der Waals surface area contributed by atoms with E-state index in [0.717, 1.165) is 27.0 Å². The highest BCUT2D eigenvalue weighted by molar-refractivity contribution is 7.99. The average molecular weight is 333 g/mol. The highest BCUT2D eigenvalue weighted by atomic mass is 32.2. The van der Waals surface area contributed by atoms with Crippen molar-refractivity contribution in [1.82, 2.24) is 9.97 Å². The lowest BCUT2D eigenvalue weighted by Gasteiger charge is -2.31. The molecule has 0 radical (unpaired) electrons. The number of fused-ring (bicyclic) bond motifs is 2. The third kappa shape index (κ3) is 2.88. The molecule has 23 heavy (non-hydrogen) atoms. The highest BCUT2D eigenvalue weighted by Crippen LogP contribution is 2.47. The molecule has 3 rings (SSSR count). The zero-order valence-electron chi connectivity index (χ0n) is 12.9. The minimum absolute atomic E-state index is 0.335. The zero-order chi connectivity index (χ0) is 16.4. The van der Waals surface area contributed by atoms with Gasteiger partial charge in [0.1, 0.15) is 11.8 Å². The van der Waals surface area contributed by atoms with Crippen molar-refractivity contribution in [2.45, 2.75) is 16.8 Å². The second-order valence-corrected chi connectivity index (χ2v) is 5.84. The van der Waals surface area contributed by atoms with Crippen molar-refractivity contribution in [3.05, 3.63) is 35.7 Å². The van der Waals surface area contributed by atoms with E-state index < -0.39 is 5.97 Å². The van der Waals surface area contributed by atoms with Crippen LogP contribution >= 0.6 is 11.8 Å². The van der Waals surface area contributed by atoms with Crippen LogP contribution in [0.4, 0.5) is 11.5 Å². The summed E-state index contributed by atoms with van der Waals surface area (Å²) in [5.74, 6) is 0.199. The summed E-state index contributed by atoms with van der Waals surface area (Å²) in [6.45, 7) is 2.26. The molecule has 0 fully saturated rings. The molecule has 0 N–H and O–H groups in total. The molecular weight excluding hydrogens is 318 g/mol. The van der Waals surface area contributed by atoms with Gasteiger partial charge >= 0.3 is 5.97 Å². The number of hydrogen-bond acceptors (Lipinski definition) is 8. The van der Waals surface area contributed by atoms with E-state index in [-0.39, 0.29) is 0 Å². The molecule has 1 aromatic carbocycles. The largest absolute Gasteiger partial charge is 0.373 e. The Balaban J connectivity index is 2.10. The van der Waals surface area contributed by atoms with Gasteiger partial charge in [0.2, 0.25) is 0 Å². The van der Waals surface area contributed by atoms with Crippen LogP contribution in [0.1, 0.15) is 15.9 Å². The fraction of sp³-hybridized carbons (Fsp3) is 0.267. The molecule has 0 amide bonds. The molecule has 1 aromatic heterocycles. The SMILES string of the molecule is COCN1c2nccnc2Sc2cc(C(=O)OOC)cc(C)c21.